The van der Waals surface area contributed by atoms with Gasteiger partial charge in [0.05, 0.1) is 0 Å². The van der Waals surface area contributed by atoms with E-state index < -0.39 is 12.0 Å². The molecule has 6 nitrogen and oxygen atoms in total. The van der Waals surface area contributed by atoms with Crippen molar-refractivity contribution in [2.75, 3.05) is 0 Å². The number of nitrogens with zero attached hydrogens (tertiary/aromatic N) is 1. The molecule has 1 amide bonds. The van der Waals surface area contributed by atoms with Gasteiger partial charge in [-0.05, 0) is 12.3 Å². The van der Waals surface area contributed by atoms with Crippen LogP contribution in [0.4, 0.5) is 0 Å². The number of rotatable bonds is 8. The fraction of sp³-hybridized carbons (Fsp3) is 0.800. The van der Waals surface area contributed by atoms with Crippen LogP contribution in [0.25, 0.3) is 0 Å². The Bertz CT molecular complexity index is 283. The van der Waals surface area contributed by atoms with Crippen molar-refractivity contribution in [3.8, 4) is 0 Å². The van der Waals surface area contributed by atoms with Crippen LogP contribution in [0, 0.1) is 10.8 Å². The van der Waals surface area contributed by atoms with Gasteiger partial charge in [-0.25, -0.2) is 4.79 Å². The molecular weight excluding hydrogens is 244 g/mol. The van der Waals surface area contributed by atoms with Gasteiger partial charge in [0.15, 0.2) is 0 Å². The van der Waals surface area contributed by atoms with Crippen molar-refractivity contribution in [2.45, 2.75) is 44.9 Å². The number of hydrogen-bond acceptors (Lipinski definition) is 5. The van der Waals surface area contributed by atoms with Crippen LogP contribution in [-0.4, -0.2) is 28.3 Å². The second kappa shape index (κ2) is 8.05. The molecule has 0 aliphatic heterocycles. The van der Waals surface area contributed by atoms with Crippen LogP contribution in [0.2, 0.25) is 0 Å². The summed E-state index contributed by atoms with van der Waals surface area (Å²) in [6, 6.07) is -0.894. The third-order valence-corrected chi connectivity index (χ3v) is 3.19. The Morgan fingerprint density at radius 1 is 1.41 bits per heavy atom. The predicted octanol–water partition coefficient (Wildman–Crippen LogP) is 1.80. The molecule has 98 valence electrons. The minimum absolute atomic E-state index is 0.101. The van der Waals surface area contributed by atoms with Crippen molar-refractivity contribution in [1.82, 2.24) is 5.32 Å². The maximum Gasteiger partial charge on any atom is 0.326 e. The molecule has 0 fully saturated rings. The summed E-state index contributed by atoms with van der Waals surface area (Å²) >= 11 is 0.810. The molecule has 0 rings (SSSR count). The lowest BCUT2D eigenvalue weighted by Crippen LogP contribution is -2.44. The predicted molar refractivity (Wildman–Crippen MR) is 66.5 cm³/mol. The molecule has 0 heterocycles. The van der Waals surface area contributed by atoms with E-state index in [1.807, 2.05) is 6.92 Å². The number of amides is 1. The zero-order valence-electron chi connectivity index (χ0n) is 10.2. The van der Waals surface area contributed by atoms with Gasteiger partial charge in [-0.15, -0.1) is 4.91 Å². The maximum absolute atomic E-state index is 11.6. The van der Waals surface area contributed by atoms with Crippen molar-refractivity contribution < 1.29 is 14.7 Å². The second-order valence-corrected chi connectivity index (χ2v) is 5.07. The van der Waals surface area contributed by atoms with E-state index in [1.165, 1.54) is 0 Å². The summed E-state index contributed by atoms with van der Waals surface area (Å²) in [4.78, 5) is 32.5. The van der Waals surface area contributed by atoms with Gasteiger partial charge < -0.3 is 10.4 Å². The topological polar surface area (TPSA) is 95.8 Å². The molecule has 0 aliphatic carbocycles. The van der Waals surface area contributed by atoms with Crippen LogP contribution >= 0.6 is 11.9 Å². The monoisotopic (exact) mass is 262 g/mol. The zero-order chi connectivity index (χ0) is 13.4. The van der Waals surface area contributed by atoms with E-state index in [1.54, 1.807) is 13.8 Å². The minimum atomic E-state index is -1.05. The molecule has 0 saturated carbocycles. The van der Waals surface area contributed by atoms with Crippen LogP contribution in [0.3, 0.4) is 0 Å². The third-order valence-electron chi connectivity index (χ3n) is 2.31. The number of nitroso groups, excluding NO2 is 1. The van der Waals surface area contributed by atoms with E-state index in [0.29, 0.717) is 6.42 Å². The lowest BCUT2D eigenvalue weighted by Gasteiger charge is -2.19. The van der Waals surface area contributed by atoms with E-state index in [4.69, 9.17) is 5.11 Å². The average Bonchev–Trinajstić information content (AvgIpc) is 2.24. The molecule has 0 saturated heterocycles. The molecule has 0 aromatic rings. The number of carboxylic acids is 1. The Morgan fingerprint density at radius 3 is 2.35 bits per heavy atom. The van der Waals surface area contributed by atoms with Crippen molar-refractivity contribution in [3.05, 3.63) is 4.91 Å². The molecule has 7 heteroatoms. The number of carboxylic acid groups (broad SMARTS) is 1. The fourth-order valence-electron chi connectivity index (χ4n) is 1.27. The normalized spacial score (nSPS) is 14.1. The van der Waals surface area contributed by atoms with Crippen LogP contribution in [0.5, 0.6) is 0 Å². The molecule has 0 radical (unpaired) electrons. The van der Waals surface area contributed by atoms with Crippen LogP contribution in [0.15, 0.2) is 4.58 Å². The number of aliphatic carboxylic acids is 1. The lowest BCUT2D eigenvalue weighted by molar-refractivity contribution is -0.143. The van der Waals surface area contributed by atoms with E-state index in [0.717, 1.165) is 11.9 Å². The van der Waals surface area contributed by atoms with E-state index in [9.17, 15) is 14.5 Å². The van der Waals surface area contributed by atoms with Gasteiger partial charge in [0, 0.05) is 28.2 Å². The summed E-state index contributed by atoms with van der Waals surface area (Å²) in [5.74, 6) is -1.61. The zero-order valence-corrected chi connectivity index (χ0v) is 11.0. The van der Waals surface area contributed by atoms with Crippen molar-refractivity contribution in [3.63, 3.8) is 0 Å². The highest BCUT2D eigenvalue weighted by molar-refractivity contribution is 7.98. The van der Waals surface area contributed by atoms with E-state index >= 15 is 0 Å². The summed E-state index contributed by atoms with van der Waals surface area (Å²) in [6.07, 6.45) is 0.729. The van der Waals surface area contributed by atoms with E-state index in [2.05, 4.69) is 9.90 Å². The van der Waals surface area contributed by atoms with E-state index in [-0.39, 0.29) is 23.5 Å². The summed E-state index contributed by atoms with van der Waals surface area (Å²) in [5.41, 5.74) is 0. The SMILES string of the molecule is CCC(CC(=O)N[C@H](C(=O)O)C(C)C)SN=O. The summed E-state index contributed by atoms with van der Waals surface area (Å²) < 4.78 is 2.68. The van der Waals surface area contributed by atoms with Gasteiger partial charge >= 0.3 is 5.97 Å². The Hall–Kier alpha value is -1.11. The highest BCUT2D eigenvalue weighted by atomic mass is 32.2. The number of hydrogen-bond donors (Lipinski definition) is 2. The van der Waals surface area contributed by atoms with Gasteiger partial charge in [0.1, 0.15) is 6.04 Å². The second-order valence-electron chi connectivity index (χ2n) is 4.04. The largest absolute Gasteiger partial charge is 0.480 e. The molecule has 0 bridgehead atoms. The first-order chi connectivity index (χ1) is 7.92. The molecule has 2 N–H and O–H groups in total. The van der Waals surface area contributed by atoms with Crippen molar-refractivity contribution in [2.24, 2.45) is 10.5 Å². The van der Waals surface area contributed by atoms with Crippen LogP contribution in [0.1, 0.15) is 33.6 Å². The first-order valence-corrected chi connectivity index (χ1v) is 6.26. The molecule has 1 unspecified atom stereocenters. The van der Waals surface area contributed by atoms with Gasteiger partial charge in [-0.2, -0.15) is 0 Å². The standard InChI is InChI=1S/C10H18N2O4S/c1-4-7(17-12-16)5-8(13)11-9(6(2)3)10(14)15/h6-7,9H,4-5H2,1-3H3,(H,11,13)(H,14,15)/t7?,9-/m0/s1. The number of nitrogens with one attached hydrogen (secondary N) is 1. The summed E-state index contributed by atoms with van der Waals surface area (Å²) in [7, 11) is 0. The fourth-order valence-corrected chi connectivity index (χ4v) is 1.77. The van der Waals surface area contributed by atoms with Crippen LogP contribution < -0.4 is 5.32 Å². The number of carbonyl (C=O) groups is 2. The molecule has 0 aromatic heterocycles. The third kappa shape index (κ3) is 6.25. The highest BCUT2D eigenvalue weighted by Crippen LogP contribution is 2.18. The Balaban J connectivity index is 4.31. The molecule has 0 spiro atoms. The first-order valence-electron chi connectivity index (χ1n) is 5.43. The Morgan fingerprint density at radius 2 is 2.00 bits per heavy atom. The summed E-state index contributed by atoms with van der Waals surface area (Å²) in [5, 5.41) is 11.1. The van der Waals surface area contributed by atoms with Crippen LogP contribution in [-0.2, 0) is 9.59 Å². The summed E-state index contributed by atoms with van der Waals surface area (Å²) in [6.45, 7) is 5.28. The average molecular weight is 262 g/mol. The minimum Gasteiger partial charge on any atom is -0.480 e. The Labute approximate surface area is 105 Å². The number of carbonyl (C=O) groups excluding carboxylic acids is 1. The molecular formula is C10H18N2O4S. The molecule has 0 aliphatic rings. The van der Waals surface area contributed by atoms with Gasteiger partial charge in [-0.1, -0.05) is 20.8 Å². The van der Waals surface area contributed by atoms with Gasteiger partial charge in [0.25, 0.3) is 0 Å². The molecule has 17 heavy (non-hydrogen) atoms. The first kappa shape index (κ1) is 15.9. The molecule has 0 aromatic carbocycles. The quantitative estimate of drug-likeness (QED) is 0.513. The van der Waals surface area contributed by atoms with Gasteiger partial charge in [-0.3, -0.25) is 4.79 Å². The Kier molecular flexibility index (Phi) is 7.53. The van der Waals surface area contributed by atoms with Crippen molar-refractivity contribution in [1.29, 1.82) is 0 Å². The lowest BCUT2D eigenvalue weighted by atomic mass is 10.0. The molecule has 2 atom stereocenters. The smallest absolute Gasteiger partial charge is 0.326 e. The van der Waals surface area contributed by atoms with Gasteiger partial charge in [0.2, 0.25) is 5.91 Å². The highest BCUT2D eigenvalue weighted by Gasteiger charge is 2.24. The maximum atomic E-state index is 11.6. The van der Waals surface area contributed by atoms with Crippen molar-refractivity contribution >= 4 is 23.8 Å².